The van der Waals surface area contributed by atoms with E-state index < -0.39 is 0 Å². The zero-order valence-corrected chi connectivity index (χ0v) is 13.1. The van der Waals surface area contributed by atoms with Crippen molar-refractivity contribution in [3.8, 4) is 5.75 Å². The minimum atomic E-state index is 0.0747. The number of nitrogens with two attached hydrogens (primary N) is 1. The van der Waals surface area contributed by atoms with Crippen LogP contribution in [0.5, 0.6) is 5.75 Å². The van der Waals surface area contributed by atoms with Crippen molar-refractivity contribution in [1.82, 2.24) is 4.90 Å². The number of methoxy groups -OCH3 is 1. The van der Waals surface area contributed by atoms with Crippen LogP contribution in [0.3, 0.4) is 0 Å². The quantitative estimate of drug-likeness (QED) is 0.907. The van der Waals surface area contributed by atoms with Crippen molar-refractivity contribution in [1.29, 1.82) is 0 Å². The predicted octanol–water partition coefficient (Wildman–Crippen LogP) is 2.74. The Bertz CT molecular complexity index is 482. The van der Waals surface area contributed by atoms with Gasteiger partial charge in [-0.15, -0.1) is 0 Å². The molecule has 1 saturated carbocycles. The molecule has 1 aromatic carbocycles. The third-order valence-corrected chi connectivity index (χ3v) is 4.30. The van der Waals surface area contributed by atoms with Crippen LogP contribution in [-0.2, 0) is 0 Å². The van der Waals surface area contributed by atoms with E-state index in [1.54, 1.807) is 7.11 Å². The molecule has 4 nitrogen and oxygen atoms in total. The number of aryl methyl sites for hydroxylation is 1. The van der Waals surface area contributed by atoms with Crippen molar-refractivity contribution in [2.45, 2.75) is 45.1 Å². The van der Waals surface area contributed by atoms with Crippen LogP contribution in [-0.4, -0.2) is 37.0 Å². The van der Waals surface area contributed by atoms with E-state index in [0.29, 0.717) is 24.7 Å². The molecular formula is C17H26N2O2. The van der Waals surface area contributed by atoms with Crippen LogP contribution in [0.1, 0.15) is 48.0 Å². The Kier molecular flexibility index (Phi) is 5.62. The fraction of sp³-hybridized carbons (Fsp3) is 0.588. The van der Waals surface area contributed by atoms with Gasteiger partial charge in [-0.25, -0.2) is 0 Å². The zero-order valence-electron chi connectivity index (χ0n) is 13.1. The minimum Gasteiger partial charge on any atom is -0.496 e. The number of benzene rings is 1. The topological polar surface area (TPSA) is 55.6 Å². The summed E-state index contributed by atoms with van der Waals surface area (Å²) in [5.74, 6) is 0.836. The average molecular weight is 290 g/mol. The maximum Gasteiger partial charge on any atom is 0.254 e. The second-order valence-corrected chi connectivity index (χ2v) is 5.76. The summed E-state index contributed by atoms with van der Waals surface area (Å²) in [4.78, 5) is 14.8. The maximum atomic E-state index is 12.8. The number of carbonyl (C=O) groups is 1. The second kappa shape index (κ2) is 7.46. The van der Waals surface area contributed by atoms with Gasteiger partial charge >= 0.3 is 0 Å². The molecule has 0 radical (unpaired) electrons. The van der Waals surface area contributed by atoms with Gasteiger partial charge < -0.3 is 15.4 Å². The Morgan fingerprint density at radius 2 is 2.05 bits per heavy atom. The van der Waals surface area contributed by atoms with E-state index in [4.69, 9.17) is 10.5 Å². The predicted molar refractivity (Wildman–Crippen MR) is 84.7 cm³/mol. The number of ether oxygens (including phenoxy) is 1. The van der Waals surface area contributed by atoms with E-state index in [1.165, 1.54) is 19.3 Å². The third-order valence-electron chi connectivity index (χ3n) is 4.30. The number of rotatable bonds is 5. The van der Waals surface area contributed by atoms with Gasteiger partial charge in [0.2, 0.25) is 0 Å². The molecule has 0 spiro atoms. The van der Waals surface area contributed by atoms with Gasteiger partial charge in [0.15, 0.2) is 0 Å². The lowest BCUT2D eigenvalue weighted by atomic mass is 9.93. The molecule has 0 bridgehead atoms. The summed E-state index contributed by atoms with van der Waals surface area (Å²) >= 11 is 0. The lowest BCUT2D eigenvalue weighted by molar-refractivity contribution is 0.0641. The van der Waals surface area contributed by atoms with E-state index in [1.807, 2.05) is 30.0 Å². The fourth-order valence-electron chi connectivity index (χ4n) is 3.10. The highest BCUT2D eigenvalue weighted by molar-refractivity contribution is 5.95. The van der Waals surface area contributed by atoms with Gasteiger partial charge in [0.05, 0.1) is 7.11 Å². The summed E-state index contributed by atoms with van der Waals surface area (Å²) in [5.41, 5.74) is 7.44. The van der Waals surface area contributed by atoms with E-state index in [2.05, 4.69) is 0 Å². The van der Waals surface area contributed by atoms with E-state index in [-0.39, 0.29) is 5.91 Å². The van der Waals surface area contributed by atoms with Gasteiger partial charge in [0, 0.05) is 24.7 Å². The second-order valence-electron chi connectivity index (χ2n) is 5.76. The van der Waals surface area contributed by atoms with Crippen LogP contribution in [0.15, 0.2) is 18.2 Å². The number of carbonyl (C=O) groups excluding carboxylic acids is 1. The summed E-state index contributed by atoms with van der Waals surface area (Å²) in [7, 11) is 1.63. The summed E-state index contributed by atoms with van der Waals surface area (Å²) < 4.78 is 5.33. The van der Waals surface area contributed by atoms with Crippen LogP contribution < -0.4 is 10.5 Å². The molecular weight excluding hydrogens is 264 g/mol. The SMILES string of the molecule is COc1cc(C(=O)N(CCN)C2CCCCC2)ccc1C. The molecule has 21 heavy (non-hydrogen) atoms. The highest BCUT2D eigenvalue weighted by atomic mass is 16.5. The highest BCUT2D eigenvalue weighted by Gasteiger charge is 2.26. The summed E-state index contributed by atoms with van der Waals surface area (Å²) in [6.07, 6.45) is 5.87. The van der Waals surface area contributed by atoms with Crippen LogP contribution in [0, 0.1) is 6.92 Å². The molecule has 1 aliphatic carbocycles. The average Bonchev–Trinajstić information content (AvgIpc) is 2.53. The molecule has 2 rings (SSSR count). The monoisotopic (exact) mass is 290 g/mol. The van der Waals surface area contributed by atoms with Gasteiger partial charge in [0.25, 0.3) is 5.91 Å². The molecule has 0 aromatic heterocycles. The Hall–Kier alpha value is -1.55. The largest absolute Gasteiger partial charge is 0.496 e. The van der Waals surface area contributed by atoms with Gasteiger partial charge in [0.1, 0.15) is 5.75 Å². The van der Waals surface area contributed by atoms with Crippen molar-refractivity contribution in [3.63, 3.8) is 0 Å². The summed E-state index contributed by atoms with van der Waals surface area (Å²) in [5, 5.41) is 0. The van der Waals surface area contributed by atoms with Crippen LogP contribution >= 0.6 is 0 Å². The zero-order chi connectivity index (χ0) is 15.2. The van der Waals surface area contributed by atoms with Crippen molar-refractivity contribution in [3.05, 3.63) is 29.3 Å². The maximum absolute atomic E-state index is 12.8. The molecule has 1 aliphatic rings. The van der Waals surface area contributed by atoms with Gasteiger partial charge in [-0.05, 0) is 37.5 Å². The molecule has 0 aliphatic heterocycles. The highest BCUT2D eigenvalue weighted by Crippen LogP contribution is 2.25. The number of amides is 1. The number of hydrogen-bond donors (Lipinski definition) is 1. The molecule has 0 unspecified atom stereocenters. The molecule has 1 aromatic rings. The van der Waals surface area contributed by atoms with Crippen molar-refractivity contribution in [2.24, 2.45) is 5.73 Å². The molecule has 1 amide bonds. The molecule has 2 N–H and O–H groups in total. The number of nitrogens with zero attached hydrogens (tertiary/aromatic N) is 1. The summed E-state index contributed by atoms with van der Waals surface area (Å²) in [6.45, 7) is 3.11. The van der Waals surface area contributed by atoms with Crippen molar-refractivity contribution < 1.29 is 9.53 Å². The van der Waals surface area contributed by atoms with Gasteiger partial charge in [-0.2, -0.15) is 0 Å². The fourth-order valence-corrected chi connectivity index (χ4v) is 3.10. The van der Waals surface area contributed by atoms with E-state index >= 15 is 0 Å². The molecule has 0 atom stereocenters. The van der Waals surface area contributed by atoms with Crippen LogP contribution in [0.2, 0.25) is 0 Å². The van der Waals surface area contributed by atoms with Gasteiger partial charge in [-0.1, -0.05) is 25.3 Å². The minimum absolute atomic E-state index is 0.0747. The first kappa shape index (κ1) is 15.8. The smallest absolute Gasteiger partial charge is 0.254 e. The van der Waals surface area contributed by atoms with Crippen LogP contribution in [0.4, 0.5) is 0 Å². The normalized spacial score (nSPS) is 15.8. The lowest BCUT2D eigenvalue weighted by Gasteiger charge is -2.34. The Morgan fingerprint density at radius 3 is 2.67 bits per heavy atom. The molecule has 4 heteroatoms. The van der Waals surface area contributed by atoms with Crippen LogP contribution in [0.25, 0.3) is 0 Å². The molecule has 0 heterocycles. The Balaban J connectivity index is 2.20. The van der Waals surface area contributed by atoms with Crippen molar-refractivity contribution in [2.75, 3.05) is 20.2 Å². The Morgan fingerprint density at radius 1 is 1.33 bits per heavy atom. The first-order valence-corrected chi connectivity index (χ1v) is 7.83. The molecule has 1 fully saturated rings. The van der Waals surface area contributed by atoms with E-state index in [9.17, 15) is 4.79 Å². The van der Waals surface area contributed by atoms with E-state index in [0.717, 1.165) is 24.2 Å². The number of hydrogen-bond acceptors (Lipinski definition) is 3. The molecule has 116 valence electrons. The molecule has 0 saturated heterocycles. The lowest BCUT2D eigenvalue weighted by Crippen LogP contribution is -2.44. The summed E-state index contributed by atoms with van der Waals surface area (Å²) in [6, 6.07) is 5.99. The first-order chi connectivity index (χ1) is 10.2. The Labute approximate surface area is 127 Å². The van der Waals surface area contributed by atoms with Gasteiger partial charge in [-0.3, -0.25) is 4.79 Å². The third kappa shape index (κ3) is 3.76. The first-order valence-electron chi connectivity index (χ1n) is 7.83. The standard InChI is InChI=1S/C17H26N2O2/c1-13-8-9-14(12-16(13)21-2)17(20)19(11-10-18)15-6-4-3-5-7-15/h8-9,12,15H,3-7,10-11,18H2,1-2H3. The van der Waals surface area contributed by atoms with Crippen molar-refractivity contribution >= 4 is 5.91 Å².